The second kappa shape index (κ2) is 7.68. The molecule has 0 aromatic heterocycles. The van der Waals surface area contributed by atoms with Crippen LogP contribution in [0.25, 0.3) is 6.08 Å². The first kappa shape index (κ1) is 14.6. The van der Waals surface area contributed by atoms with Crippen LogP contribution in [0.5, 0.6) is 5.75 Å². The SMILES string of the molecule is C=Cc1ccc(C#N)c(OCCOC2CCCCO2)c1. The molecule has 1 aromatic carbocycles. The summed E-state index contributed by atoms with van der Waals surface area (Å²) in [6, 6.07) is 7.49. The number of hydrogen-bond donors (Lipinski definition) is 0. The Kier molecular flexibility index (Phi) is 5.60. The van der Waals surface area contributed by atoms with Gasteiger partial charge in [0.25, 0.3) is 0 Å². The van der Waals surface area contributed by atoms with Crippen molar-refractivity contribution in [2.45, 2.75) is 25.6 Å². The number of nitriles is 1. The molecule has 1 fully saturated rings. The van der Waals surface area contributed by atoms with Crippen LogP contribution in [-0.2, 0) is 9.47 Å². The van der Waals surface area contributed by atoms with Crippen LogP contribution in [0.15, 0.2) is 24.8 Å². The predicted molar refractivity (Wildman–Crippen MR) is 76.3 cm³/mol. The van der Waals surface area contributed by atoms with Gasteiger partial charge in [-0.25, -0.2) is 0 Å². The molecule has 1 aromatic rings. The number of ether oxygens (including phenoxy) is 3. The van der Waals surface area contributed by atoms with Crippen LogP contribution >= 0.6 is 0 Å². The largest absolute Gasteiger partial charge is 0.490 e. The van der Waals surface area contributed by atoms with Crippen molar-refractivity contribution in [3.8, 4) is 11.8 Å². The van der Waals surface area contributed by atoms with Gasteiger partial charge in [0.1, 0.15) is 18.4 Å². The van der Waals surface area contributed by atoms with Gasteiger partial charge in [0.15, 0.2) is 6.29 Å². The van der Waals surface area contributed by atoms with E-state index in [4.69, 9.17) is 19.5 Å². The summed E-state index contributed by atoms with van der Waals surface area (Å²) in [7, 11) is 0. The van der Waals surface area contributed by atoms with E-state index in [1.807, 2.05) is 12.1 Å². The first-order valence-corrected chi connectivity index (χ1v) is 6.86. The number of rotatable bonds is 6. The first-order valence-electron chi connectivity index (χ1n) is 6.86. The zero-order valence-electron chi connectivity index (χ0n) is 11.5. The van der Waals surface area contributed by atoms with E-state index in [0.29, 0.717) is 24.5 Å². The molecule has 2 rings (SSSR count). The monoisotopic (exact) mass is 273 g/mol. The van der Waals surface area contributed by atoms with E-state index >= 15 is 0 Å². The highest BCUT2D eigenvalue weighted by atomic mass is 16.7. The van der Waals surface area contributed by atoms with Crippen LogP contribution in [0, 0.1) is 11.3 Å². The van der Waals surface area contributed by atoms with Crippen molar-refractivity contribution >= 4 is 6.08 Å². The van der Waals surface area contributed by atoms with E-state index in [-0.39, 0.29) is 6.29 Å². The molecule has 4 nitrogen and oxygen atoms in total. The van der Waals surface area contributed by atoms with Crippen LogP contribution in [0.4, 0.5) is 0 Å². The highest BCUT2D eigenvalue weighted by Crippen LogP contribution is 2.20. The summed E-state index contributed by atoms with van der Waals surface area (Å²) in [5.41, 5.74) is 1.44. The van der Waals surface area contributed by atoms with Gasteiger partial charge in [0, 0.05) is 6.61 Å². The molecule has 4 heteroatoms. The Morgan fingerprint density at radius 1 is 1.40 bits per heavy atom. The van der Waals surface area contributed by atoms with Crippen molar-refractivity contribution in [1.82, 2.24) is 0 Å². The van der Waals surface area contributed by atoms with Crippen molar-refractivity contribution in [2.24, 2.45) is 0 Å². The van der Waals surface area contributed by atoms with Gasteiger partial charge in [0.2, 0.25) is 0 Å². The van der Waals surface area contributed by atoms with Crippen LogP contribution in [0.2, 0.25) is 0 Å². The van der Waals surface area contributed by atoms with E-state index in [1.165, 1.54) is 0 Å². The molecule has 0 spiro atoms. The number of nitrogens with zero attached hydrogens (tertiary/aromatic N) is 1. The molecule has 0 amide bonds. The van der Waals surface area contributed by atoms with Gasteiger partial charge in [-0.3, -0.25) is 0 Å². The summed E-state index contributed by atoms with van der Waals surface area (Å²) < 4.78 is 16.7. The standard InChI is InChI=1S/C16H19NO3/c1-2-13-6-7-14(12-17)15(11-13)18-9-10-20-16-5-3-4-8-19-16/h2,6-7,11,16H,1,3-5,8-10H2. The lowest BCUT2D eigenvalue weighted by atomic mass is 10.1. The maximum absolute atomic E-state index is 9.04. The fraction of sp³-hybridized carbons (Fsp3) is 0.438. The van der Waals surface area contributed by atoms with E-state index < -0.39 is 0 Å². The van der Waals surface area contributed by atoms with Gasteiger partial charge in [-0.2, -0.15) is 5.26 Å². The van der Waals surface area contributed by atoms with Crippen molar-refractivity contribution in [1.29, 1.82) is 5.26 Å². The topological polar surface area (TPSA) is 51.5 Å². The fourth-order valence-electron chi connectivity index (χ4n) is 2.05. The first-order chi connectivity index (χ1) is 9.83. The highest BCUT2D eigenvalue weighted by Gasteiger charge is 2.13. The van der Waals surface area contributed by atoms with Gasteiger partial charge in [-0.1, -0.05) is 18.7 Å². The summed E-state index contributed by atoms with van der Waals surface area (Å²) in [4.78, 5) is 0. The summed E-state index contributed by atoms with van der Waals surface area (Å²) in [6.07, 6.45) is 4.81. The molecular weight excluding hydrogens is 254 g/mol. The molecule has 0 N–H and O–H groups in total. The number of hydrogen-bond acceptors (Lipinski definition) is 4. The van der Waals surface area contributed by atoms with E-state index in [1.54, 1.807) is 12.1 Å². The normalized spacial score (nSPS) is 18.2. The summed E-state index contributed by atoms with van der Waals surface area (Å²) in [5.74, 6) is 0.568. The van der Waals surface area contributed by atoms with Crippen molar-refractivity contribution in [3.63, 3.8) is 0 Å². The van der Waals surface area contributed by atoms with Gasteiger partial charge in [-0.15, -0.1) is 0 Å². The van der Waals surface area contributed by atoms with Crippen molar-refractivity contribution in [3.05, 3.63) is 35.9 Å². The average Bonchev–Trinajstić information content (AvgIpc) is 2.52. The maximum atomic E-state index is 9.04. The minimum atomic E-state index is -0.109. The Morgan fingerprint density at radius 2 is 2.30 bits per heavy atom. The molecule has 1 heterocycles. The third kappa shape index (κ3) is 4.09. The molecule has 1 aliphatic rings. The fourth-order valence-corrected chi connectivity index (χ4v) is 2.05. The lowest BCUT2D eigenvalue weighted by Crippen LogP contribution is -2.24. The Morgan fingerprint density at radius 3 is 3.00 bits per heavy atom. The Balaban J connectivity index is 1.81. The van der Waals surface area contributed by atoms with E-state index in [2.05, 4.69) is 12.6 Å². The molecule has 0 saturated carbocycles. The molecule has 0 radical (unpaired) electrons. The average molecular weight is 273 g/mol. The maximum Gasteiger partial charge on any atom is 0.157 e. The molecular formula is C16H19NO3. The van der Waals surface area contributed by atoms with Crippen LogP contribution in [0.1, 0.15) is 30.4 Å². The Bertz CT molecular complexity index is 487. The van der Waals surface area contributed by atoms with Crippen LogP contribution < -0.4 is 4.74 Å². The highest BCUT2D eigenvalue weighted by molar-refractivity contribution is 5.55. The molecule has 1 saturated heterocycles. The third-order valence-electron chi connectivity index (χ3n) is 3.14. The Hall–Kier alpha value is -1.83. The van der Waals surface area contributed by atoms with Crippen LogP contribution in [-0.4, -0.2) is 26.1 Å². The molecule has 106 valence electrons. The predicted octanol–water partition coefficient (Wildman–Crippen LogP) is 3.12. The summed E-state index contributed by atoms with van der Waals surface area (Å²) in [6.45, 7) is 5.32. The smallest absolute Gasteiger partial charge is 0.157 e. The minimum absolute atomic E-state index is 0.109. The quantitative estimate of drug-likeness (QED) is 0.747. The van der Waals surface area contributed by atoms with Crippen LogP contribution in [0.3, 0.4) is 0 Å². The molecule has 0 aliphatic carbocycles. The van der Waals surface area contributed by atoms with Gasteiger partial charge in [-0.05, 0) is 37.0 Å². The van der Waals surface area contributed by atoms with Gasteiger partial charge in [0.05, 0.1) is 12.2 Å². The van der Waals surface area contributed by atoms with Gasteiger partial charge < -0.3 is 14.2 Å². The molecule has 1 aliphatic heterocycles. The van der Waals surface area contributed by atoms with Crippen molar-refractivity contribution in [2.75, 3.05) is 19.8 Å². The van der Waals surface area contributed by atoms with E-state index in [0.717, 1.165) is 31.4 Å². The summed E-state index contributed by atoms with van der Waals surface area (Å²) in [5, 5.41) is 9.04. The number of benzene rings is 1. The third-order valence-corrected chi connectivity index (χ3v) is 3.14. The van der Waals surface area contributed by atoms with Gasteiger partial charge >= 0.3 is 0 Å². The molecule has 0 bridgehead atoms. The molecule has 1 atom stereocenters. The van der Waals surface area contributed by atoms with E-state index in [9.17, 15) is 0 Å². The lowest BCUT2D eigenvalue weighted by molar-refractivity contribution is -0.165. The Labute approximate surface area is 119 Å². The molecule has 1 unspecified atom stereocenters. The summed E-state index contributed by atoms with van der Waals surface area (Å²) >= 11 is 0. The minimum Gasteiger partial charge on any atom is -0.490 e. The zero-order valence-corrected chi connectivity index (χ0v) is 11.5. The lowest BCUT2D eigenvalue weighted by Gasteiger charge is -2.22. The molecule has 20 heavy (non-hydrogen) atoms. The second-order valence-corrected chi connectivity index (χ2v) is 4.59. The second-order valence-electron chi connectivity index (χ2n) is 4.59. The zero-order chi connectivity index (χ0) is 14.2. The van der Waals surface area contributed by atoms with Crippen molar-refractivity contribution < 1.29 is 14.2 Å².